The van der Waals surface area contributed by atoms with Crippen molar-refractivity contribution in [1.29, 1.82) is 0 Å². The molecule has 0 bridgehead atoms. The van der Waals surface area contributed by atoms with Crippen LogP contribution in [0.1, 0.15) is 15.9 Å². The maximum Gasteiger partial charge on any atom is 0.195 e. The Kier molecular flexibility index (Phi) is 2.75. The standard InChI is InChI=1S/C11H8ClNOS/c12-10-5-8(13)1-2-9(10)11(14)7-3-4-15-6-7/h1-6H,13H2. The van der Waals surface area contributed by atoms with Crippen molar-refractivity contribution in [2.24, 2.45) is 0 Å². The molecule has 15 heavy (non-hydrogen) atoms. The number of thiophene rings is 1. The highest BCUT2D eigenvalue weighted by Crippen LogP contribution is 2.22. The molecule has 0 radical (unpaired) electrons. The van der Waals surface area contributed by atoms with Crippen LogP contribution < -0.4 is 5.73 Å². The molecule has 2 N–H and O–H groups in total. The van der Waals surface area contributed by atoms with E-state index in [0.29, 0.717) is 21.8 Å². The minimum Gasteiger partial charge on any atom is -0.399 e. The van der Waals surface area contributed by atoms with Gasteiger partial charge < -0.3 is 5.73 Å². The quantitative estimate of drug-likeness (QED) is 0.644. The highest BCUT2D eigenvalue weighted by molar-refractivity contribution is 7.08. The van der Waals surface area contributed by atoms with E-state index < -0.39 is 0 Å². The van der Waals surface area contributed by atoms with Gasteiger partial charge >= 0.3 is 0 Å². The van der Waals surface area contributed by atoms with Crippen molar-refractivity contribution in [3.63, 3.8) is 0 Å². The van der Waals surface area contributed by atoms with Crippen LogP contribution in [-0.4, -0.2) is 5.78 Å². The van der Waals surface area contributed by atoms with E-state index in [-0.39, 0.29) is 5.78 Å². The van der Waals surface area contributed by atoms with Crippen LogP contribution in [0.15, 0.2) is 35.0 Å². The zero-order valence-corrected chi connectivity index (χ0v) is 9.31. The molecule has 4 heteroatoms. The molecule has 0 saturated heterocycles. The molecule has 0 spiro atoms. The topological polar surface area (TPSA) is 43.1 Å². The van der Waals surface area contributed by atoms with Gasteiger partial charge in [-0.25, -0.2) is 0 Å². The van der Waals surface area contributed by atoms with E-state index in [9.17, 15) is 4.79 Å². The summed E-state index contributed by atoms with van der Waals surface area (Å²) in [5, 5.41) is 4.05. The van der Waals surface area contributed by atoms with E-state index in [1.807, 2.05) is 5.38 Å². The van der Waals surface area contributed by atoms with Crippen molar-refractivity contribution in [3.05, 3.63) is 51.2 Å². The second kappa shape index (κ2) is 4.04. The fourth-order valence-corrected chi connectivity index (χ4v) is 2.18. The number of rotatable bonds is 2. The molecule has 2 rings (SSSR count). The van der Waals surface area contributed by atoms with Crippen LogP contribution in [0.25, 0.3) is 0 Å². The molecule has 76 valence electrons. The lowest BCUT2D eigenvalue weighted by Gasteiger charge is -2.02. The third-order valence-electron chi connectivity index (χ3n) is 2.02. The SMILES string of the molecule is Nc1ccc(C(=O)c2ccsc2)c(Cl)c1. The summed E-state index contributed by atoms with van der Waals surface area (Å²) in [5.74, 6) is -0.0683. The Morgan fingerprint density at radius 3 is 2.73 bits per heavy atom. The smallest absolute Gasteiger partial charge is 0.195 e. The van der Waals surface area contributed by atoms with E-state index in [1.54, 1.807) is 29.6 Å². The van der Waals surface area contributed by atoms with Gasteiger partial charge in [0.2, 0.25) is 0 Å². The highest BCUT2D eigenvalue weighted by Gasteiger charge is 2.12. The van der Waals surface area contributed by atoms with Crippen molar-refractivity contribution >= 4 is 34.4 Å². The first-order valence-electron chi connectivity index (χ1n) is 4.30. The van der Waals surface area contributed by atoms with E-state index in [2.05, 4.69) is 0 Å². The van der Waals surface area contributed by atoms with Gasteiger partial charge in [0.25, 0.3) is 0 Å². The number of benzene rings is 1. The summed E-state index contributed by atoms with van der Waals surface area (Å²) < 4.78 is 0. The van der Waals surface area contributed by atoms with Gasteiger partial charge in [-0.2, -0.15) is 11.3 Å². The highest BCUT2D eigenvalue weighted by atomic mass is 35.5. The lowest BCUT2D eigenvalue weighted by atomic mass is 10.1. The summed E-state index contributed by atoms with van der Waals surface area (Å²) in [6.07, 6.45) is 0. The molecule has 0 saturated carbocycles. The van der Waals surface area contributed by atoms with Crippen LogP contribution in [-0.2, 0) is 0 Å². The van der Waals surface area contributed by atoms with E-state index in [1.165, 1.54) is 11.3 Å². The lowest BCUT2D eigenvalue weighted by Crippen LogP contribution is -2.01. The summed E-state index contributed by atoms with van der Waals surface area (Å²) >= 11 is 7.43. The molecule has 1 aromatic heterocycles. The first-order chi connectivity index (χ1) is 7.18. The molecule has 0 fully saturated rings. The molecular weight excluding hydrogens is 230 g/mol. The minimum absolute atomic E-state index is 0.0683. The Morgan fingerprint density at radius 1 is 1.33 bits per heavy atom. The molecule has 0 aliphatic heterocycles. The molecular formula is C11H8ClNOS. The maximum atomic E-state index is 11.9. The van der Waals surface area contributed by atoms with E-state index >= 15 is 0 Å². The van der Waals surface area contributed by atoms with Gasteiger partial charge in [-0.05, 0) is 29.6 Å². The van der Waals surface area contributed by atoms with Crippen LogP contribution >= 0.6 is 22.9 Å². The largest absolute Gasteiger partial charge is 0.399 e. The van der Waals surface area contributed by atoms with Gasteiger partial charge in [0, 0.05) is 22.2 Å². The zero-order valence-electron chi connectivity index (χ0n) is 7.74. The van der Waals surface area contributed by atoms with Crippen LogP contribution in [0.3, 0.4) is 0 Å². The Labute approximate surface area is 96.3 Å². The van der Waals surface area contributed by atoms with E-state index in [0.717, 1.165) is 0 Å². The molecule has 0 amide bonds. The molecule has 0 unspecified atom stereocenters. The average Bonchev–Trinajstić information content (AvgIpc) is 2.69. The van der Waals surface area contributed by atoms with Crippen molar-refractivity contribution < 1.29 is 4.79 Å². The van der Waals surface area contributed by atoms with Gasteiger partial charge in [-0.3, -0.25) is 4.79 Å². The number of hydrogen-bond donors (Lipinski definition) is 1. The van der Waals surface area contributed by atoms with Gasteiger partial charge in [0.15, 0.2) is 5.78 Å². The maximum absolute atomic E-state index is 11.9. The molecule has 2 aromatic rings. The van der Waals surface area contributed by atoms with Crippen molar-refractivity contribution in [3.8, 4) is 0 Å². The molecule has 2 nitrogen and oxygen atoms in total. The van der Waals surface area contributed by atoms with Gasteiger partial charge in [0.1, 0.15) is 0 Å². The van der Waals surface area contributed by atoms with Gasteiger partial charge in [-0.15, -0.1) is 0 Å². The first-order valence-corrected chi connectivity index (χ1v) is 5.62. The monoisotopic (exact) mass is 237 g/mol. The predicted molar refractivity (Wildman–Crippen MR) is 63.6 cm³/mol. The van der Waals surface area contributed by atoms with Crippen LogP contribution in [0.4, 0.5) is 5.69 Å². The number of carbonyl (C=O) groups excluding carboxylic acids is 1. The van der Waals surface area contributed by atoms with E-state index in [4.69, 9.17) is 17.3 Å². The second-order valence-corrected chi connectivity index (χ2v) is 4.27. The third-order valence-corrected chi connectivity index (χ3v) is 3.02. The summed E-state index contributed by atoms with van der Waals surface area (Å²) in [6.45, 7) is 0. The number of nitrogens with two attached hydrogens (primary N) is 1. The van der Waals surface area contributed by atoms with Gasteiger partial charge in [0.05, 0.1) is 5.02 Å². The summed E-state index contributed by atoms with van der Waals surface area (Å²) in [4.78, 5) is 11.9. The van der Waals surface area contributed by atoms with Gasteiger partial charge in [-0.1, -0.05) is 11.6 Å². The molecule has 0 aliphatic carbocycles. The Morgan fingerprint density at radius 2 is 2.13 bits per heavy atom. The normalized spacial score (nSPS) is 10.2. The lowest BCUT2D eigenvalue weighted by molar-refractivity contribution is 0.103. The predicted octanol–water partition coefficient (Wildman–Crippen LogP) is 3.21. The zero-order chi connectivity index (χ0) is 10.8. The summed E-state index contributed by atoms with van der Waals surface area (Å²) in [5.41, 5.74) is 7.26. The summed E-state index contributed by atoms with van der Waals surface area (Å²) in [7, 11) is 0. The number of carbonyl (C=O) groups is 1. The first kappa shape index (κ1) is 10.2. The van der Waals surface area contributed by atoms with Crippen molar-refractivity contribution in [1.82, 2.24) is 0 Å². The fraction of sp³-hybridized carbons (Fsp3) is 0. The number of nitrogen functional groups attached to an aromatic ring is 1. The number of halogens is 1. The molecule has 0 atom stereocenters. The molecule has 1 aromatic carbocycles. The molecule has 0 aliphatic rings. The Bertz CT molecular complexity index is 493. The Hall–Kier alpha value is -1.32. The third kappa shape index (κ3) is 2.03. The minimum atomic E-state index is -0.0683. The fourth-order valence-electron chi connectivity index (χ4n) is 1.26. The summed E-state index contributed by atoms with van der Waals surface area (Å²) in [6, 6.07) is 6.68. The Balaban J connectivity index is 2.42. The molecule has 1 heterocycles. The number of hydrogen-bond acceptors (Lipinski definition) is 3. The van der Waals surface area contributed by atoms with Crippen LogP contribution in [0.5, 0.6) is 0 Å². The number of ketones is 1. The van der Waals surface area contributed by atoms with Crippen LogP contribution in [0.2, 0.25) is 5.02 Å². The van der Waals surface area contributed by atoms with Crippen LogP contribution in [0, 0.1) is 0 Å². The second-order valence-electron chi connectivity index (χ2n) is 3.08. The van der Waals surface area contributed by atoms with Crippen molar-refractivity contribution in [2.45, 2.75) is 0 Å². The average molecular weight is 238 g/mol. The van der Waals surface area contributed by atoms with Crippen molar-refractivity contribution in [2.75, 3.05) is 5.73 Å². The number of anilines is 1.